The first kappa shape index (κ1) is 24.0. The molecule has 1 aromatic carbocycles. The lowest BCUT2D eigenvalue weighted by Crippen LogP contribution is -2.23. The molecule has 0 saturated heterocycles. The van der Waals surface area contributed by atoms with Crippen molar-refractivity contribution in [2.24, 2.45) is 0 Å². The van der Waals surface area contributed by atoms with Crippen LogP contribution in [0.3, 0.4) is 0 Å². The monoisotopic (exact) mass is 538 g/mol. The fraction of sp³-hybridized carbons (Fsp3) is 0.238. The van der Waals surface area contributed by atoms with E-state index in [1.807, 2.05) is 6.92 Å². The Kier molecular flexibility index (Phi) is 5.83. The Balaban J connectivity index is 1.24. The van der Waals surface area contributed by atoms with Gasteiger partial charge in [-0.1, -0.05) is 18.2 Å². The fourth-order valence-corrected chi connectivity index (χ4v) is 4.80. The standard InChI is InChI=1S/C21H17F3N6O4S2/c1-12(13-7-9-29(10-8-13)18-26-17(28-34-18)21(22,23)24)33-20-27-30-11-16(25-19(30)35-20)14-3-5-15(6-4-14)36(2,31)32/h3-9,11-12H,10H2,1-2H3/t12-/m1/s1. The summed E-state index contributed by atoms with van der Waals surface area (Å²) in [4.78, 5) is 10.1. The number of fused-ring (bicyclic) bond motifs is 1. The number of anilines is 1. The molecule has 0 fully saturated rings. The number of aromatic nitrogens is 5. The van der Waals surface area contributed by atoms with Crippen LogP contribution in [-0.4, -0.2) is 52.1 Å². The molecule has 0 radical (unpaired) electrons. The Bertz CT molecular complexity index is 1550. The highest BCUT2D eigenvalue weighted by atomic mass is 32.2. The van der Waals surface area contributed by atoms with Gasteiger partial charge in [-0.3, -0.25) is 4.90 Å². The van der Waals surface area contributed by atoms with E-state index in [4.69, 9.17) is 9.26 Å². The van der Waals surface area contributed by atoms with Crippen molar-refractivity contribution in [1.82, 2.24) is 24.7 Å². The van der Waals surface area contributed by atoms with Crippen molar-refractivity contribution in [3.05, 3.63) is 60.2 Å². The second kappa shape index (κ2) is 8.74. The summed E-state index contributed by atoms with van der Waals surface area (Å²) in [5.41, 5.74) is 2.18. The second-order valence-electron chi connectivity index (χ2n) is 7.85. The zero-order chi connectivity index (χ0) is 25.7. The van der Waals surface area contributed by atoms with Crippen molar-refractivity contribution in [2.45, 2.75) is 24.1 Å². The summed E-state index contributed by atoms with van der Waals surface area (Å²) in [6.45, 7) is 2.04. The molecule has 4 heterocycles. The van der Waals surface area contributed by atoms with E-state index in [1.54, 1.807) is 41.2 Å². The lowest BCUT2D eigenvalue weighted by Gasteiger charge is -2.21. The van der Waals surface area contributed by atoms with Gasteiger partial charge in [-0.15, -0.1) is 5.10 Å². The van der Waals surface area contributed by atoms with Crippen molar-refractivity contribution in [2.75, 3.05) is 17.7 Å². The number of benzene rings is 1. The van der Waals surface area contributed by atoms with E-state index in [0.29, 0.717) is 15.8 Å². The highest BCUT2D eigenvalue weighted by Crippen LogP contribution is 2.30. The van der Waals surface area contributed by atoms with Crippen LogP contribution in [0.2, 0.25) is 0 Å². The molecule has 5 rings (SSSR count). The summed E-state index contributed by atoms with van der Waals surface area (Å²) in [6.07, 6.45) is 2.80. The lowest BCUT2D eigenvalue weighted by atomic mass is 10.1. The summed E-state index contributed by atoms with van der Waals surface area (Å²) >= 11 is 1.24. The minimum Gasteiger partial charge on any atom is -0.461 e. The average molecular weight is 539 g/mol. The van der Waals surface area contributed by atoms with Gasteiger partial charge in [0.15, 0.2) is 9.84 Å². The highest BCUT2D eigenvalue weighted by Gasteiger charge is 2.38. The molecule has 3 aromatic heterocycles. The van der Waals surface area contributed by atoms with Crippen LogP contribution in [0.4, 0.5) is 19.2 Å². The van der Waals surface area contributed by atoms with E-state index in [-0.39, 0.29) is 17.5 Å². The first-order valence-corrected chi connectivity index (χ1v) is 13.1. The molecule has 1 aliphatic rings. The Morgan fingerprint density at radius 1 is 1.19 bits per heavy atom. The predicted octanol–water partition coefficient (Wildman–Crippen LogP) is 3.99. The topological polar surface area (TPSA) is 116 Å². The summed E-state index contributed by atoms with van der Waals surface area (Å²) in [7, 11) is -3.28. The Labute approximate surface area is 206 Å². The molecule has 15 heteroatoms. The van der Waals surface area contributed by atoms with Gasteiger partial charge < -0.3 is 9.26 Å². The summed E-state index contributed by atoms with van der Waals surface area (Å²) < 4.78 is 73.5. The largest absolute Gasteiger partial charge is 0.461 e. The van der Waals surface area contributed by atoms with Gasteiger partial charge in [-0.2, -0.15) is 18.2 Å². The third kappa shape index (κ3) is 4.83. The van der Waals surface area contributed by atoms with E-state index < -0.39 is 27.9 Å². The van der Waals surface area contributed by atoms with Crippen LogP contribution >= 0.6 is 11.3 Å². The number of ether oxygens (including phenoxy) is 1. The molecular formula is C21H17F3N6O4S2. The molecule has 188 valence electrons. The van der Waals surface area contributed by atoms with Crippen molar-refractivity contribution < 1.29 is 30.8 Å². The smallest absolute Gasteiger partial charge is 0.455 e. The van der Waals surface area contributed by atoms with E-state index in [1.165, 1.54) is 28.4 Å². The molecule has 1 atom stereocenters. The van der Waals surface area contributed by atoms with Gasteiger partial charge in [0.2, 0.25) is 4.96 Å². The lowest BCUT2D eigenvalue weighted by molar-refractivity contribution is -0.146. The molecule has 0 bridgehead atoms. The second-order valence-corrected chi connectivity index (χ2v) is 10.8. The van der Waals surface area contributed by atoms with Gasteiger partial charge in [0.25, 0.3) is 11.0 Å². The SMILES string of the molecule is C[C@@H](Oc1nn2cc(-c3ccc(S(C)(=O)=O)cc3)nc2s1)C1=CCN(c2nc(C(F)(F)F)no2)C=C1. The first-order chi connectivity index (χ1) is 17.0. The average Bonchev–Trinajstić information content (AvgIpc) is 3.54. The number of rotatable bonds is 6. The van der Waals surface area contributed by atoms with Gasteiger partial charge in [0, 0.05) is 24.6 Å². The number of hydrogen-bond acceptors (Lipinski definition) is 10. The number of halogens is 3. The van der Waals surface area contributed by atoms with Gasteiger partial charge in [0.1, 0.15) is 6.10 Å². The number of alkyl halides is 3. The minimum atomic E-state index is -4.68. The number of sulfone groups is 1. The number of nitrogens with zero attached hydrogens (tertiary/aromatic N) is 6. The predicted molar refractivity (Wildman–Crippen MR) is 123 cm³/mol. The maximum absolute atomic E-state index is 12.7. The van der Waals surface area contributed by atoms with Crippen molar-refractivity contribution in [3.63, 3.8) is 0 Å². The molecular weight excluding hydrogens is 521 g/mol. The molecule has 36 heavy (non-hydrogen) atoms. The summed E-state index contributed by atoms with van der Waals surface area (Å²) in [5.74, 6) is -1.33. The normalized spacial score (nSPS) is 15.4. The van der Waals surface area contributed by atoms with Crippen LogP contribution < -0.4 is 9.64 Å². The maximum atomic E-state index is 12.7. The van der Waals surface area contributed by atoms with Gasteiger partial charge in [-0.25, -0.2) is 17.9 Å². The third-order valence-corrected chi connectivity index (χ3v) is 7.18. The molecule has 0 N–H and O–H groups in total. The minimum absolute atomic E-state index is 0.224. The Morgan fingerprint density at radius 3 is 2.53 bits per heavy atom. The summed E-state index contributed by atoms with van der Waals surface area (Å²) in [6, 6.07) is 6.17. The molecule has 0 saturated carbocycles. The quantitative estimate of drug-likeness (QED) is 0.359. The molecule has 0 aliphatic carbocycles. The molecule has 0 spiro atoms. The van der Waals surface area contributed by atoms with E-state index in [0.717, 1.165) is 17.4 Å². The van der Waals surface area contributed by atoms with Crippen LogP contribution in [0.25, 0.3) is 16.2 Å². The number of imidazole rings is 1. The maximum Gasteiger partial charge on any atom is 0.455 e. The van der Waals surface area contributed by atoms with E-state index in [9.17, 15) is 21.6 Å². The van der Waals surface area contributed by atoms with Gasteiger partial charge in [-0.05, 0) is 47.2 Å². The van der Waals surface area contributed by atoms with Gasteiger partial charge in [0.05, 0.1) is 16.8 Å². The van der Waals surface area contributed by atoms with Crippen LogP contribution in [0.15, 0.2) is 63.8 Å². The molecule has 0 unspecified atom stereocenters. The van der Waals surface area contributed by atoms with Crippen LogP contribution in [-0.2, 0) is 16.0 Å². The van der Waals surface area contributed by atoms with Crippen LogP contribution in [0.5, 0.6) is 5.19 Å². The third-order valence-electron chi connectivity index (χ3n) is 5.24. The van der Waals surface area contributed by atoms with E-state index >= 15 is 0 Å². The summed E-state index contributed by atoms with van der Waals surface area (Å²) in [5, 5.41) is 7.73. The Morgan fingerprint density at radius 2 is 1.94 bits per heavy atom. The zero-order valence-corrected chi connectivity index (χ0v) is 20.3. The molecule has 4 aromatic rings. The molecule has 10 nitrogen and oxygen atoms in total. The zero-order valence-electron chi connectivity index (χ0n) is 18.7. The van der Waals surface area contributed by atoms with Crippen molar-refractivity contribution >= 4 is 32.1 Å². The van der Waals surface area contributed by atoms with Crippen molar-refractivity contribution in [3.8, 4) is 16.5 Å². The van der Waals surface area contributed by atoms with Crippen molar-refractivity contribution in [1.29, 1.82) is 0 Å². The first-order valence-electron chi connectivity index (χ1n) is 10.4. The van der Waals surface area contributed by atoms with Crippen LogP contribution in [0.1, 0.15) is 12.7 Å². The fourth-order valence-electron chi connectivity index (χ4n) is 3.36. The van der Waals surface area contributed by atoms with E-state index in [2.05, 4.69) is 20.2 Å². The number of hydrogen-bond donors (Lipinski definition) is 0. The van der Waals surface area contributed by atoms with Gasteiger partial charge >= 0.3 is 12.2 Å². The molecule has 0 amide bonds. The molecule has 1 aliphatic heterocycles. The Hall–Kier alpha value is -3.72. The van der Waals surface area contributed by atoms with Crippen LogP contribution in [0, 0.1) is 0 Å². The highest BCUT2D eigenvalue weighted by molar-refractivity contribution is 7.90.